The number of hydrogen-bond donors (Lipinski definition) is 2. The highest BCUT2D eigenvalue weighted by Gasteiger charge is 2.28. The molecule has 1 aromatic carbocycles. The second-order valence-electron chi connectivity index (χ2n) is 7.97. The summed E-state index contributed by atoms with van der Waals surface area (Å²) in [5.41, 5.74) is 2.37. The highest BCUT2D eigenvalue weighted by molar-refractivity contribution is 5.79. The average Bonchev–Trinajstić information content (AvgIpc) is 2.63. The molecule has 2 rings (SSSR count). The Morgan fingerprint density at radius 1 is 1.26 bits per heavy atom. The number of benzene rings is 1. The molecule has 0 radical (unpaired) electrons. The van der Waals surface area contributed by atoms with E-state index in [-0.39, 0.29) is 11.6 Å². The van der Waals surface area contributed by atoms with E-state index in [1.54, 1.807) is 7.05 Å². The lowest BCUT2D eigenvalue weighted by Crippen LogP contribution is -2.56. The topological polar surface area (TPSA) is 58.1 Å². The van der Waals surface area contributed by atoms with E-state index in [0.29, 0.717) is 6.54 Å². The molecule has 2 N–H and O–H groups in total. The van der Waals surface area contributed by atoms with E-state index in [9.17, 15) is 0 Å². The van der Waals surface area contributed by atoms with E-state index >= 15 is 0 Å². The summed E-state index contributed by atoms with van der Waals surface area (Å²) in [6.45, 7) is 15.7. The highest BCUT2D eigenvalue weighted by Crippen LogP contribution is 2.21. The van der Waals surface area contributed by atoms with Crippen LogP contribution in [-0.4, -0.2) is 62.4 Å². The molecule has 0 bridgehead atoms. The summed E-state index contributed by atoms with van der Waals surface area (Å²) >= 11 is 0. The summed E-state index contributed by atoms with van der Waals surface area (Å²) in [6, 6.07) is 6.32. The standard InChI is InChI=1S/C21H36N4O2/c1-16(2)27-19-13-17(3)7-8-18(19)14-23-20(22-6)24-15-21(4,5)25-9-11-26-12-10-25/h7-8,13,16H,9-12,14-15H2,1-6H3,(H2,22,23,24). The lowest BCUT2D eigenvalue weighted by molar-refractivity contribution is -0.00834. The summed E-state index contributed by atoms with van der Waals surface area (Å²) in [7, 11) is 1.80. The van der Waals surface area contributed by atoms with Crippen molar-refractivity contribution < 1.29 is 9.47 Å². The van der Waals surface area contributed by atoms with Gasteiger partial charge in [-0.1, -0.05) is 12.1 Å². The Morgan fingerprint density at radius 2 is 1.96 bits per heavy atom. The number of nitrogens with zero attached hydrogens (tertiary/aromatic N) is 2. The fourth-order valence-corrected chi connectivity index (χ4v) is 3.15. The minimum absolute atomic E-state index is 0.0389. The van der Waals surface area contributed by atoms with Gasteiger partial charge in [0.2, 0.25) is 0 Å². The Labute approximate surface area is 164 Å². The smallest absolute Gasteiger partial charge is 0.191 e. The summed E-state index contributed by atoms with van der Waals surface area (Å²) in [4.78, 5) is 6.83. The zero-order valence-corrected chi connectivity index (χ0v) is 17.8. The zero-order chi connectivity index (χ0) is 19.9. The highest BCUT2D eigenvalue weighted by atomic mass is 16.5. The van der Waals surface area contributed by atoms with Crippen LogP contribution in [0.3, 0.4) is 0 Å². The first-order chi connectivity index (χ1) is 12.8. The summed E-state index contributed by atoms with van der Waals surface area (Å²) in [5.74, 6) is 1.73. The van der Waals surface area contributed by atoms with Crippen LogP contribution in [0.1, 0.15) is 38.8 Å². The first-order valence-electron chi connectivity index (χ1n) is 9.85. The van der Waals surface area contributed by atoms with Crippen molar-refractivity contribution in [1.29, 1.82) is 0 Å². The normalized spacial score (nSPS) is 16.5. The molecule has 1 aliphatic heterocycles. The lowest BCUT2D eigenvalue weighted by Gasteiger charge is -2.41. The quantitative estimate of drug-likeness (QED) is 0.566. The van der Waals surface area contributed by atoms with Crippen LogP contribution in [0.25, 0.3) is 0 Å². The van der Waals surface area contributed by atoms with Gasteiger partial charge in [0.15, 0.2) is 5.96 Å². The van der Waals surface area contributed by atoms with E-state index in [1.807, 2.05) is 13.8 Å². The average molecular weight is 377 g/mol. The van der Waals surface area contributed by atoms with Gasteiger partial charge >= 0.3 is 0 Å². The van der Waals surface area contributed by atoms with E-state index in [0.717, 1.165) is 50.1 Å². The Hall–Kier alpha value is -1.79. The first-order valence-corrected chi connectivity index (χ1v) is 9.85. The molecule has 0 unspecified atom stereocenters. The molecule has 1 aliphatic rings. The van der Waals surface area contributed by atoms with Gasteiger partial charge in [-0.05, 0) is 46.2 Å². The molecule has 1 fully saturated rings. The number of rotatable bonds is 7. The van der Waals surface area contributed by atoms with Crippen molar-refractivity contribution in [3.05, 3.63) is 29.3 Å². The van der Waals surface area contributed by atoms with Crippen molar-refractivity contribution in [3.63, 3.8) is 0 Å². The number of aryl methyl sites for hydroxylation is 1. The Bertz CT molecular complexity index is 623. The van der Waals surface area contributed by atoms with Gasteiger partial charge in [0.25, 0.3) is 0 Å². The molecule has 6 nitrogen and oxygen atoms in total. The van der Waals surface area contributed by atoms with Gasteiger partial charge in [0.1, 0.15) is 5.75 Å². The van der Waals surface area contributed by atoms with E-state index in [4.69, 9.17) is 9.47 Å². The van der Waals surface area contributed by atoms with Crippen LogP contribution in [0.2, 0.25) is 0 Å². The van der Waals surface area contributed by atoms with Crippen molar-refractivity contribution in [1.82, 2.24) is 15.5 Å². The van der Waals surface area contributed by atoms with Gasteiger partial charge in [-0.15, -0.1) is 0 Å². The molecule has 0 aromatic heterocycles. The fourth-order valence-electron chi connectivity index (χ4n) is 3.15. The molecular formula is C21H36N4O2. The maximum absolute atomic E-state index is 5.97. The Morgan fingerprint density at radius 3 is 2.59 bits per heavy atom. The Kier molecular flexibility index (Phi) is 7.92. The predicted molar refractivity (Wildman–Crippen MR) is 112 cm³/mol. The van der Waals surface area contributed by atoms with Crippen LogP contribution in [0.5, 0.6) is 5.75 Å². The number of nitrogens with one attached hydrogen (secondary N) is 2. The molecule has 0 amide bonds. The van der Waals surface area contributed by atoms with E-state index in [2.05, 4.69) is 59.5 Å². The minimum atomic E-state index is 0.0389. The van der Waals surface area contributed by atoms with E-state index in [1.165, 1.54) is 5.56 Å². The number of guanidine groups is 1. The van der Waals surface area contributed by atoms with Gasteiger partial charge in [0, 0.05) is 44.3 Å². The summed E-state index contributed by atoms with van der Waals surface area (Å²) in [5, 5.41) is 6.87. The summed E-state index contributed by atoms with van der Waals surface area (Å²) < 4.78 is 11.4. The zero-order valence-electron chi connectivity index (χ0n) is 17.8. The molecule has 0 aliphatic carbocycles. The van der Waals surface area contributed by atoms with Gasteiger partial charge in [0.05, 0.1) is 19.3 Å². The summed E-state index contributed by atoms with van der Waals surface area (Å²) in [6.07, 6.45) is 0.150. The van der Waals surface area contributed by atoms with Crippen molar-refractivity contribution in [2.75, 3.05) is 39.9 Å². The third-order valence-electron chi connectivity index (χ3n) is 4.81. The first kappa shape index (κ1) is 21.5. The van der Waals surface area contributed by atoms with Crippen LogP contribution < -0.4 is 15.4 Å². The number of aliphatic imine (C=N–C) groups is 1. The molecular weight excluding hydrogens is 340 g/mol. The molecule has 0 spiro atoms. The second kappa shape index (κ2) is 9.95. The maximum Gasteiger partial charge on any atom is 0.191 e. The van der Waals surface area contributed by atoms with Crippen molar-refractivity contribution in [3.8, 4) is 5.75 Å². The van der Waals surface area contributed by atoms with Crippen molar-refractivity contribution in [2.24, 2.45) is 4.99 Å². The third kappa shape index (κ3) is 6.70. The largest absolute Gasteiger partial charge is 0.491 e. The van der Waals surface area contributed by atoms with Crippen molar-refractivity contribution in [2.45, 2.75) is 52.8 Å². The van der Waals surface area contributed by atoms with Crippen LogP contribution >= 0.6 is 0 Å². The van der Waals surface area contributed by atoms with Crippen molar-refractivity contribution >= 4 is 5.96 Å². The Balaban J connectivity index is 1.92. The number of ether oxygens (including phenoxy) is 2. The molecule has 1 saturated heterocycles. The molecule has 27 heavy (non-hydrogen) atoms. The number of hydrogen-bond acceptors (Lipinski definition) is 4. The van der Waals surface area contributed by atoms with Gasteiger partial charge in [-0.25, -0.2) is 0 Å². The van der Waals surface area contributed by atoms with Crippen LogP contribution in [0, 0.1) is 6.92 Å². The van der Waals surface area contributed by atoms with Crippen LogP contribution in [-0.2, 0) is 11.3 Å². The maximum atomic E-state index is 5.97. The second-order valence-corrected chi connectivity index (χ2v) is 7.97. The third-order valence-corrected chi connectivity index (χ3v) is 4.81. The van der Waals surface area contributed by atoms with Gasteiger partial charge < -0.3 is 20.1 Å². The monoisotopic (exact) mass is 376 g/mol. The molecule has 1 aromatic rings. The molecule has 0 saturated carbocycles. The SMILES string of the molecule is CN=C(NCc1ccc(C)cc1OC(C)C)NCC(C)(C)N1CCOCC1. The fraction of sp³-hybridized carbons (Fsp3) is 0.667. The lowest BCUT2D eigenvalue weighted by atomic mass is 10.0. The molecule has 1 heterocycles. The number of morpholine rings is 1. The van der Waals surface area contributed by atoms with E-state index < -0.39 is 0 Å². The van der Waals surface area contributed by atoms with Crippen LogP contribution in [0.15, 0.2) is 23.2 Å². The van der Waals surface area contributed by atoms with Gasteiger partial charge in [-0.2, -0.15) is 0 Å². The molecule has 0 atom stereocenters. The van der Waals surface area contributed by atoms with Crippen LogP contribution in [0.4, 0.5) is 0 Å². The molecule has 152 valence electrons. The molecule has 6 heteroatoms. The minimum Gasteiger partial charge on any atom is -0.491 e. The predicted octanol–water partition coefficient (Wildman–Crippen LogP) is 2.56. The van der Waals surface area contributed by atoms with Gasteiger partial charge in [-0.3, -0.25) is 9.89 Å².